The second-order valence-electron chi connectivity index (χ2n) is 4.39. The van der Waals surface area contributed by atoms with Crippen LogP contribution in [0.25, 0.3) is 0 Å². The molecule has 15 heavy (non-hydrogen) atoms. The van der Waals surface area contributed by atoms with Crippen LogP contribution in [0.4, 0.5) is 0 Å². The summed E-state index contributed by atoms with van der Waals surface area (Å²) in [7, 11) is 0. The number of aromatic nitrogens is 1. The van der Waals surface area contributed by atoms with Crippen molar-refractivity contribution in [2.24, 2.45) is 0 Å². The Bertz CT molecular complexity index is 337. The molecular weight excluding hydrogens is 190 g/mol. The number of carbonyl (C=O) groups excluding carboxylic acids is 1. The second-order valence-corrected chi connectivity index (χ2v) is 4.39. The molecule has 0 bridgehead atoms. The van der Waals surface area contributed by atoms with Crippen LogP contribution in [-0.2, 0) is 11.2 Å². The summed E-state index contributed by atoms with van der Waals surface area (Å²) in [6.07, 6.45) is 8.27. The fraction of sp³-hybridized carbons (Fsp3) is 0.667. The van der Waals surface area contributed by atoms with Crippen LogP contribution in [0.2, 0.25) is 0 Å². The average molecular weight is 207 g/mol. The van der Waals surface area contributed by atoms with Gasteiger partial charge in [0.05, 0.1) is 12.1 Å². The summed E-state index contributed by atoms with van der Waals surface area (Å²) in [5, 5.41) is 0. The van der Waals surface area contributed by atoms with Crippen molar-refractivity contribution in [3.63, 3.8) is 0 Å². The van der Waals surface area contributed by atoms with E-state index in [2.05, 4.69) is 4.98 Å². The van der Waals surface area contributed by atoms with Crippen LogP contribution in [-0.4, -0.2) is 10.8 Å². The SMILES string of the molecule is CC(=O)Cc1coc(C2CCCCC2)n1. The predicted octanol–water partition coefficient (Wildman–Crippen LogP) is 2.85. The van der Waals surface area contributed by atoms with Crippen LogP contribution >= 0.6 is 0 Å². The molecule has 0 atom stereocenters. The van der Waals surface area contributed by atoms with Gasteiger partial charge in [-0.05, 0) is 19.8 Å². The van der Waals surface area contributed by atoms with Crippen LogP contribution in [0.5, 0.6) is 0 Å². The van der Waals surface area contributed by atoms with Crippen molar-refractivity contribution in [2.75, 3.05) is 0 Å². The number of hydrogen-bond donors (Lipinski definition) is 0. The molecule has 1 aromatic heterocycles. The number of Topliss-reactive ketones (excluding diaryl/α,β-unsaturated/α-hetero) is 1. The van der Waals surface area contributed by atoms with Gasteiger partial charge >= 0.3 is 0 Å². The maximum Gasteiger partial charge on any atom is 0.197 e. The minimum atomic E-state index is 0.137. The van der Waals surface area contributed by atoms with E-state index in [0.29, 0.717) is 12.3 Å². The highest BCUT2D eigenvalue weighted by Gasteiger charge is 2.20. The maximum atomic E-state index is 10.9. The third kappa shape index (κ3) is 2.67. The summed E-state index contributed by atoms with van der Waals surface area (Å²) in [6, 6.07) is 0. The lowest BCUT2D eigenvalue weighted by Crippen LogP contribution is -2.05. The molecule has 1 aliphatic carbocycles. The van der Waals surface area contributed by atoms with Gasteiger partial charge in [-0.15, -0.1) is 0 Å². The van der Waals surface area contributed by atoms with E-state index < -0.39 is 0 Å². The normalized spacial score (nSPS) is 17.9. The minimum absolute atomic E-state index is 0.137. The molecule has 0 radical (unpaired) electrons. The molecule has 2 rings (SSSR count). The summed E-state index contributed by atoms with van der Waals surface area (Å²) < 4.78 is 5.44. The van der Waals surface area contributed by atoms with Gasteiger partial charge in [-0.3, -0.25) is 4.79 Å². The molecule has 1 fully saturated rings. The molecule has 3 heteroatoms. The van der Waals surface area contributed by atoms with Gasteiger partial charge in [0.25, 0.3) is 0 Å². The van der Waals surface area contributed by atoms with Crippen LogP contribution in [0.15, 0.2) is 10.7 Å². The maximum absolute atomic E-state index is 10.9. The Morgan fingerprint density at radius 2 is 2.20 bits per heavy atom. The average Bonchev–Trinajstić information content (AvgIpc) is 2.67. The molecule has 1 aliphatic rings. The third-order valence-electron chi connectivity index (χ3n) is 2.95. The van der Waals surface area contributed by atoms with Crippen molar-refractivity contribution in [2.45, 2.75) is 51.4 Å². The summed E-state index contributed by atoms with van der Waals surface area (Å²) in [6.45, 7) is 1.58. The van der Waals surface area contributed by atoms with Gasteiger partial charge < -0.3 is 4.42 Å². The lowest BCUT2D eigenvalue weighted by molar-refractivity contribution is -0.116. The Morgan fingerprint density at radius 3 is 2.87 bits per heavy atom. The van der Waals surface area contributed by atoms with Gasteiger partial charge in [0.15, 0.2) is 5.89 Å². The highest BCUT2D eigenvalue weighted by atomic mass is 16.3. The molecule has 0 aliphatic heterocycles. The molecule has 1 heterocycles. The van der Waals surface area contributed by atoms with Crippen molar-refractivity contribution in [1.82, 2.24) is 4.98 Å². The van der Waals surface area contributed by atoms with Gasteiger partial charge in [-0.2, -0.15) is 0 Å². The monoisotopic (exact) mass is 207 g/mol. The Hall–Kier alpha value is -1.12. The lowest BCUT2D eigenvalue weighted by Gasteiger charge is -2.17. The molecule has 0 spiro atoms. The van der Waals surface area contributed by atoms with Crippen molar-refractivity contribution >= 4 is 5.78 Å². The molecule has 0 N–H and O–H groups in total. The molecule has 0 aromatic carbocycles. The van der Waals surface area contributed by atoms with Gasteiger partial charge in [-0.25, -0.2) is 4.98 Å². The molecule has 0 unspecified atom stereocenters. The Labute approximate surface area is 89.9 Å². The number of hydrogen-bond acceptors (Lipinski definition) is 3. The van der Waals surface area contributed by atoms with Crippen molar-refractivity contribution in [3.05, 3.63) is 17.8 Å². The lowest BCUT2D eigenvalue weighted by atomic mass is 9.89. The molecule has 1 aromatic rings. The van der Waals surface area contributed by atoms with E-state index in [-0.39, 0.29) is 5.78 Å². The molecule has 0 amide bonds. The van der Waals surface area contributed by atoms with Gasteiger partial charge in [0.2, 0.25) is 0 Å². The number of oxazole rings is 1. The fourth-order valence-electron chi connectivity index (χ4n) is 2.20. The van der Waals surface area contributed by atoms with Crippen LogP contribution < -0.4 is 0 Å². The highest BCUT2D eigenvalue weighted by molar-refractivity contribution is 5.77. The Morgan fingerprint density at radius 1 is 1.47 bits per heavy atom. The van der Waals surface area contributed by atoms with E-state index in [0.717, 1.165) is 11.6 Å². The first-order valence-electron chi connectivity index (χ1n) is 5.69. The first-order chi connectivity index (χ1) is 7.25. The number of ketones is 1. The molecule has 1 saturated carbocycles. The van der Waals surface area contributed by atoms with Gasteiger partial charge in [0.1, 0.15) is 12.0 Å². The van der Waals surface area contributed by atoms with Crippen molar-refractivity contribution < 1.29 is 9.21 Å². The van der Waals surface area contributed by atoms with Crippen LogP contribution in [0.3, 0.4) is 0 Å². The Balaban J connectivity index is 2.02. The zero-order valence-corrected chi connectivity index (χ0v) is 9.16. The second kappa shape index (κ2) is 4.60. The van der Waals surface area contributed by atoms with E-state index >= 15 is 0 Å². The summed E-state index contributed by atoms with van der Waals surface area (Å²) >= 11 is 0. The minimum Gasteiger partial charge on any atom is -0.448 e. The largest absolute Gasteiger partial charge is 0.448 e. The summed E-state index contributed by atoms with van der Waals surface area (Å²) in [4.78, 5) is 15.3. The topological polar surface area (TPSA) is 43.1 Å². The predicted molar refractivity (Wildman–Crippen MR) is 56.7 cm³/mol. The number of carbonyl (C=O) groups is 1. The molecule has 0 saturated heterocycles. The van der Waals surface area contributed by atoms with Crippen molar-refractivity contribution in [1.29, 1.82) is 0 Å². The van der Waals surface area contributed by atoms with E-state index in [1.54, 1.807) is 13.2 Å². The molecular formula is C12H17NO2. The van der Waals surface area contributed by atoms with E-state index in [1.165, 1.54) is 32.1 Å². The fourth-order valence-corrected chi connectivity index (χ4v) is 2.20. The molecule has 82 valence electrons. The van der Waals surface area contributed by atoms with Crippen LogP contribution in [0, 0.1) is 0 Å². The number of nitrogens with zero attached hydrogens (tertiary/aromatic N) is 1. The summed E-state index contributed by atoms with van der Waals surface area (Å²) in [5.41, 5.74) is 0.781. The first kappa shape index (κ1) is 10.4. The van der Waals surface area contributed by atoms with Gasteiger partial charge in [0, 0.05) is 5.92 Å². The third-order valence-corrected chi connectivity index (χ3v) is 2.95. The zero-order chi connectivity index (χ0) is 10.7. The van der Waals surface area contributed by atoms with Crippen LogP contribution in [0.1, 0.15) is 56.5 Å². The quantitative estimate of drug-likeness (QED) is 0.765. The first-order valence-corrected chi connectivity index (χ1v) is 5.69. The zero-order valence-electron chi connectivity index (χ0n) is 9.16. The standard InChI is InChI=1S/C12H17NO2/c1-9(14)7-11-8-15-12(13-11)10-5-3-2-4-6-10/h8,10H,2-7H2,1H3. The summed E-state index contributed by atoms with van der Waals surface area (Å²) in [5.74, 6) is 1.46. The van der Waals surface area contributed by atoms with E-state index in [1.807, 2.05) is 0 Å². The van der Waals surface area contributed by atoms with Gasteiger partial charge in [-0.1, -0.05) is 19.3 Å². The smallest absolute Gasteiger partial charge is 0.197 e. The van der Waals surface area contributed by atoms with E-state index in [4.69, 9.17) is 4.42 Å². The van der Waals surface area contributed by atoms with Crippen molar-refractivity contribution in [3.8, 4) is 0 Å². The number of rotatable bonds is 3. The highest BCUT2D eigenvalue weighted by Crippen LogP contribution is 2.31. The molecule has 3 nitrogen and oxygen atoms in total. The van der Waals surface area contributed by atoms with E-state index in [9.17, 15) is 4.79 Å². The Kier molecular flexibility index (Phi) is 3.19.